The molecule has 1 unspecified atom stereocenters. The van der Waals surface area contributed by atoms with Crippen LogP contribution in [0.1, 0.15) is 39.0 Å². The van der Waals surface area contributed by atoms with Gasteiger partial charge in [0.1, 0.15) is 0 Å². The molecule has 0 N–H and O–H groups in total. The largest absolute Gasteiger partial charge is 0.469 e. The maximum Gasteiger partial charge on any atom is 0.309 e. The molecule has 82 valence electrons. The number of carbonyl (C=O) groups excluding carboxylic acids is 1. The summed E-state index contributed by atoms with van der Waals surface area (Å²) in [5.74, 6) is 5.89. The van der Waals surface area contributed by atoms with E-state index in [0.29, 0.717) is 6.42 Å². The van der Waals surface area contributed by atoms with Gasteiger partial charge >= 0.3 is 5.97 Å². The van der Waals surface area contributed by atoms with Crippen LogP contribution in [0.2, 0.25) is 0 Å². The molecule has 1 aliphatic carbocycles. The lowest BCUT2D eigenvalue weighted by atomic mass is 9.99. The second-order valence-electron chi connectivity index (χ2n) is 3.91. The number of ether oxygens (including phenoxy) is 1. The average molecular weight is 206 g/mol. The zero-order valence-corrected chi connectivity index (χ0v) is 9.51. The highest BCUT2D eigenvalue weighted by Crippen LogP contribution is 2.16. The van der Waals surface area contributed by atoms with Crippen LogP contribution in [-0.2, 0) is 9.53 Å². The Kier molecular flexibility index (Phi) is 4.97. The summed E-state index contributed by atoms with van der Waals surface area (Å²) in [6, 6.07) is 0. The Labute approximate surface area is 91.7 Å². The van der Waals surface area contributed by atoms with Gasteiger partial charge in [-0.1, -0.05) is 24.8 Å². The molecule has 0 aliphatic heterocycles. The van der Waals surface area contributed by atoms with Crippen LogP contribution in [0, 0.1) is 17.8 Å². The summed E-state index contributed by atoms with van der Waals surface area (Å²) in [4.78, 5) is 11.1. The first kappa shape index (κ1) is 11.8. The fourth-order valence-electron chi connectivity index (χ4n) is 1.55. The molecule has 0 fully saturated rings. The fourth-order valence-corrected chi connectivity index (χ4v) is 1.55. The third-order valence-corrected chi connectivity index (χ3v) is 2.55. The Hall–Kier alpha value is -1.23. The average Bonchev–Trinajstić information content (AvgIpc) is 2.29. The van der Waals surface area contributed by atoms with Crippen LogP contribution in [0.4, 0.5) is 0 Å². The van der Waals surface area contributed by atoms with Crippen LogP contribution in [0.5, 0.6) is 0 Å². The van der Waals surface area contributed by atoms with Crippen molar-refractivity contribution < 1.29 is 9.53 Å². The van der Waals surface area contributed by atoms with E-state index in [0.717, 1.165) is 12.8 Å². The van der Waals surface area contributed by atoms with Gasteiger partial charge in [0.2, 0.25) is 0 Å². The maximum atomic E-state index is 11.1. The maximum absolute atomic E-state index is 11.1. The zero-order valence-electron chi connectivity index (χ0n) is 9.51. The molecule has 0 heterocycles. The van der Waals surface area contributed by atoms with E-state index >= 15 is 0 Å². The van der Waals surface area contributed by atoms with Crippen LogP contribution >= 0.6 is 0 Å². The first-order valence-corrected chi connectivity index (χ1v) is 5.49. The van der Waals surface area contributed by atoms with Crippen LogP contribution in [-0.4, -0.2) is 13.1 Å². The van der Waals surface area contributed by atoms with Crippen molar-refractivity contribution in [2.45, 2.75) is 39.0 Å². The first-order valence-electron chi connectivity index (χ1n) is 5.49. The SMILES string of the molecule is COC(=O)C(C)CC#CC1=CCCCC1. The molecule has 0 spiro atoms. The van der Waals surface area contributed by atoms with Gasteiger partial charge in [-0.15, -0.1) is 0 Å². The summed E-state index contributed by atoms with van der Waals surface area (Å²) < 4.78 is 4.63. The number of esters is 1. The molecule has 1 aliphatic rings. The molecule has 2 nitrogen and oxygen atoms in total. The van der Waals surface area contributed by atoms with Crippen molar-refractivity contribution in [1.82, 2.24) is 0 Å². The van der Waals surface area contributed by atoms with Gasteiger partial charge < -0.3 is 4.74 Å². The lowest BCUT2D eigenvalue weighted by molar-refractivity contribution is -0.144. The minimum atomic E-state index is -0.179. The van der Waals surface area contributed by atoms with Gasteiger partial charge in [0.05, 0.1) is 13.0 Å². The predicted molar refractivity (Wildman–Crippen MR) is 60.1 cm³/mol. The van der Waals surface area contributed by atoms with Gasteiger partial charge in [-0.25, -0.2) is 0 Å². The number of hydrogen-bond acceptors (Lipinski definition) is 2. The topological polar surface area (TPSA) is 26.3 Å². The summed E-state index contributed by atoms with van der Waals surface area (Å²) in [6.45, 7) is 1.84. The van der Waals surface area contributed by atoms with Crippen molar-refractivity contribution in [2.24, 2.45) is 5.92 Å². The molecule has 15 heavy (non-hydrogen) atoms. The Morgan fingerprint density at radius 1 is 1.60 bits per heavy atom. The summed E-state index contributed by atoms with van der Waals surface area (Å²) >= 11 is 0. The number of rotatable bonds is 2. The van der Waals surface area contributed by atoms with E-state index in [2.05, 4.69) is 22.7 Å². The minimum Gasteiger partial charge on any atom is -0.469 e. The van der Waals surface area contributed by atoms with E-state index in [-0.39, 0.29) is 11.9 Å². The fraction of sp³-hybridized carbons (Fsp3) is 0.615. The van der Waals surface area contributed by atoms with Crippen molar-refractivity contribution >= 4 is 5.97 Å². The molecule has 2 heteroatoms. The van der Waals surface area contributed by atoms with Crippen LogP contribution < -0.4 is 0 Å². The second kappa shape index (κ2) is 6.29. The highest BCUT2D eigenvalue weighted by atomic mass is 16.5. The molecule has 0 saturated heterocycles. The van der Waals surface area contributed by atoms with E-state index in [1.165, 1.54) is 25.5 Å². The number of hydrogen-bond donors (Lipinski definition) is 0. The molecule has 0 aromatic heterocycles. The molecule has 0 aromatic rings. The standard InChI is InChI=1S/C13H18O2/c1-11(13(14)15-2)7-6-10-12-8-4-3-5-9-12/h8,11H,3-5,7,9H2,1-2H3. The Balaban J connectivity index is 2.38. The van der Waals surface area contributed by atoms with Gasteiger partial charge in [-0.05, 0) is 31.3 Å². The summed E-state index contributed by atoms with van der Waals surface area (Å²) in [6.07, 6.45) is 7.57. The molecular formula is C13H18O2. The Morgan fingerprint density at radius 3 is 3.00 bits per heavy atom. The number of carbonyl (C=O) groups is 1. The molecule has 0 aromatic carbocycles. The smallest absolute Gasteiger partial charge is 0.309 e. The van der Waals surface area contributed by atoms with E-state index < -0.39 is 0 Å². The van der Waals surface area contributed by atoms with Gasteiger partial charge in [-0.2, -0.15) is 0 Å². The molecule has 0 bridgehead atoms. The predicted octanol–water partition coefficient (Wildman–Crippen LogP) is 2.69. The van der Waals surface area contributed by atoms with Gasteiger partial charge in [-0.3, -0.25) is 4.79 Å². The molecular weight excluding hydrogens is 188 g/mol. The molecule has 1 rings (SSSR count). The van der Waals surface area contributed by atoms with E-state index in [1.807, 2.05) is 6.92 Å². The monoisotopic (exact) mass is 206 g/mol. The van der Waals surface area contributed by atoms with Gasteiger partial charge in [0.25, 0.3) is 0 Å². The minimum absolute atomic E-state index is 0.119. The number of methoxy groups -OCH3 is 1. The van der Waals surface area contributed by atoms with Crippen molar-refractivity contribution in [1.29, 1.82) is 0 Å². The zero-order chi connectivity index (χ0) is 11.1. The number of allylic oxidation sites excluding steroid dienone is 2. The quantitative estimate of drug-likeness (QED) is 0.513. The summed E-state index contributed by atoms with van der Waals surface area (Å²) in [5.41, 5.74) is 1.23. The molecule has 0 radical (unpaired) electrons. The molecule has 1 atom stereocenters. The third kappa shape index (κ3) is 4.20. The Bertz CT molecular complexity index is 304. The van der Waals surface area contributed by atoms with E-state index in [9.17, 15) is 4.79 Å². The highest BCUT2D eigenvalue weighted by Gasteiger charge is 2.10. The molecule has 0 saturated carbocycles. The van der Waals surface area contributed by atoms with Gasteiger partial charge in [0.15, 0.2) is 0 Å². The summed E-state index contributed by atoms with van der Waals surface area (Å²) in [5, 5.41) is 0. The van der Waals surface area contributed by atoms with Crippen molar-refractivity contribution in [2.75, 3.05) is 7.11 Å². The van der Waals surface area contributed by atoms with Crippen LogP contribution in [0.15, 0.2) is 11.6 Å². The van der Waals surface area contributed by atoms with Crippen LogP contribution in [0.3, 0.4) is 0 Å². The lowest BCUT2D eigenvalue weighted by Crippen LogP contribution is -2.11. The first-order chi connectivity index (χ1) is 7.24. The van der Waals surface area contributed by atoms with Crippen molar-refractivity contribution in [3.05, 3.63) is 11.6 Å². The third-order valence-electron chi connectivity index (χ3n) is 2.55. The Morgan fingerprint density at radius 2 is 2.40 bits per heavy atom. The van der Waals surface area contributed by atoms with Gasteiger partial charge in [0, 0.05) is 6.42 Å². The summed E-state index contributed by atoms with van der Waals surface area (Å²) in [7, 11) is 1.41. The second-order valence-corrected chi connectivity index (χ2v) is 3.91. The lowest BCUT2D eigenvalue weighted by Gasteiger charge is -2.06. The van der Waals surface area contributed by atoms with E-state index in [4.69, 9.17) is 0 Å². The normalized spacial score (nSPS) is 17.1. The van der Waals surface area contributed by atoms with Crippen molar-refractivity contribution in [3.8, 4) is 11.8 Å². The van der Waals surface area contributed by atoms with Crippen LogP contribution in [0.25, 0.3) is 0 Å². The van der Waals surface area contributed by atoms with E-state index in [1.54, 1.807) is 0 Å². The highest BCUT2D eigenvalue weighted by molar-refractivity contribution is 5.72. The molecule has 0 amide bonds. The van der Waals surface area contributed by atoms with Crippen molar-refractivity contribution in [3.63, 3.8) is 0 Å².